The largest absolute Gasteiger partial charge is 0.384 e. The number of methoxy groups -OCH3 is 1. The zero-order chi connectivity index (χ0) is 14.7. The van der Waals surface area contributed by atoms with E-state index in [0.717, 1.165) is 45.6 Å². The molecule has 1 aromatic heterocycles. The minimum Gasteiger partial charge on any atom is -0.384 e. The molecule has 0 saturated carbocycles. The average Bonchev–Trinajstić information content (AvgIpc) is 2.89. The van der Waals surface area contributed by atoms with Crippen LogP contribution in [0.15, 0.2) is 17.5 Å². The molecule has 3 atom stereocenters. The van der Waals surface area contributed by atoms with Crippen LogP contribution in [-0.2, 0) is 16.1 Å². The van der Waals surface area contributed by atoms with Crippen LogP contribution in [0, 0.1) is 17.8 Å². The molecule has 0 spiro atoms. The minimum atomic E-state index is 0.173. The Labute approximate surface area is 130 Å². The van der Waals surface area contributed by atoms with Gasteiger partial charge >= 0.3 is 0 Å². The number of hydrogen-bond donors (Lipinski definition) is 1. The van der Waals surface area contributed by atoms with Crippen molar-refractivity contribution in [2.75, 3.05) is 33.4 Å². The van der Waals surface area contributed by atoms with E-state index in [2.05, 4.69) is 27.7 Å². The van der Waals surface area contributed by atoms with E-state index in [1.54, 1.807) is 7.11 Å². The molecule has 0 radical (unpaired) electrons. The molecule has 21 heavy (non-hydrogen) atoms. The highest BCUT2D eigenvalue weighted by atomic mass is 32.1. The van der Waals surface area contributed by atoms with Crippen molar-refractivity contribution in [1.82, 2.24) is 10.2 Å². The predicted molar refractivity (Wildman–Crippen MR) is 84.2 cm³/mol. The smallest absolute Gasteiger partial charge is 0.223 e. The lowest BCUT2D eigenvalue weighted by Gasteiger charge is -2.36. The van der Waals surface area contributed by atoms with Crippen LogP contribution in [0.1, 0.15) is 17.7 Å². The van der Waals surface area contributed by atoms with Gasteiger partial charge in [-0.05, 0) is 43.3 Å². The third-order valence-electron chi connectivity index (χ3n) is 4.87. The van der Waals surface area contributed by atoms with Crippen molar-refractivity contribution in [2.24, 2.45) is 17.8 Å². The number of nitrogens with zero attached hydrogens (tertiary/aromatic N) is 1. The van der Waals surface area contributed by atoms with E-state index in [4.69, 9.17) is 4.74 Å². The summed E-state index contributed by atoms with van der Waals surface area (Å²) in [5, 5.41) is 5.20. The Balaban J connectivity index is 1.65. The maximum atomic E-state index is 12.2. The molecule has 5 heteroatoms. The molecule has 0 unspecified atom stereocenters. The number of hydrogen-bond acceptors (Lipinski definition) is 4. The van der Waals surface area contributed by atoms with Gasteiger partial charge in [0.05, 0.1) is 6.61 Å². The Morgan fingerprint density at radius 3 is 3.05 bits per heavy atom. The summed E-state index contributed by atoms with van der Waals surface area (Å²) in [5.41, 5.74) is 0. The first kappa shape index (κ1) is 15.0. The fraction of sp³-hybridized carbons (Fsp3) is 0.688. The van der Waals surface area contributed by atoms with Crippen molar-refractivity contribution in [1.29, 1.82) is 0 Å². The van der Waals surface area contributed by atoms with E-state index < -0.39 is 0 Å². The highest BCUT2D eigenvalue weighted by Crippen LogP contribution is 2.34. The summed E-state index contributed by atoms with van der Waals surface area (Å²) in [6.45, 7) is 4.66. The second-order valence-corrected chi connectivity index (χ2v) is 7.20. The molecule has 1 N–H and O–H groups in total. The maximum absolute atomic E-state index is 12.2. The zero-order valence-electron chi connectivity index (χ0n) is 12.6. The zero-order valence-corrected chi connectivity index (χ0v) is 13.4. The highest BCUT2D eigenvalue weighted by molar-refractivity contribution is 7.09. The molecular weight excluding hydrogens is 284 g/mol. The Hall–Kier alpha value is -0.910. The first-order valence-corrected chi connectivity index (χ1v) is 8.67. The van der Waals surface area contributed by atoms with Crippen molar-refractivity contribution in [3.8, 4) is 0 Å². The normalized spacial score (nSPS) is 30.5. The quantitative estimate of drug-likeness (QED) is 0.924. The lowest BCUT2D eigenvalue weighted by molar-refractivity contribution is -0.131. The molecule has 3 heterocycles. The summed E-state index contributed by atoms with van der Waals surface area (Å²) < 4.78 is 5.36. The summed E-state index contributed by atoms with van der Waals surface area (Å²) in [5.74, 6) is 1.38. The summed E-state index contributed by atoms with van der Waals surface area (Å²) in [6.07, 6.45) is 2.08. The highest BCUT2D eigenvalue weighted by Gasteiger charge is 2.39. The van der Waals surface area contributed by atoms with Crippen molar-refractivity contribution >= 4 is 17.2 Å². The molecular formula is C16H24N2O2S. The van der Waals surface area contributed by atoms with Crippen LogP contribution in [0.3, 0.4) is 0 Å². The van der Waals surface area contributed by atoms with Gasteiger partial charge in [0.15, 0.2) is 0 Å². The van der Waals surface area contributed by atoms with Crippen molar-refractivity contribution in [2.45, 2.75) is 19.4 Å². The van der Waals surface area contributed by atoms with E-state index in [1.807, 2.05) is 11.3 Å². The standard InChI is InChI=1S/C16H24N2O2S/c1-20-11-12-9-17-16(19)15-5-7-18(6-4-14(12)15)10-13-3-2-8-21-13/h2-3,8,12,14-15H,4-7,9-11H2,1H3,(H,17,19)/t12-,14-,15-/m0/s1. The van der Waals surface area contributed by atoms with E-state index in [1.165, 1.54) is 4.88 Å². The van der Waals surface area contributed by atoms with Crippen LogP contribution in [0.4, 0.5) is 0 Å². The van der Waals surface area contributed by atoms with Crippen LogP contribution in [0.25, 0.3) is 0 Å². The van der Waals surface area contributed by atoms with Gasteiger partial charge in [0, 0.05) is 36.9 Å². The Morgan fingerprint density at radius 1 is 1.43 bits per heavy atom. The molecule has 2 fully saturated rings. The van der Waals surface area contributed by atoms with Gasteiger partial charge in [0.2, 0.25) is 5.91 Å². The van der Waals surface area contributed by atoms with Crippen molar-refractivity contribution in [3.63, 3.8) is 0 Å². The monoisotopic (exact) mass is 308 g/mol. The van der Waals surface area contributed by atoms with Gasteiger partial charge in [-0.25, -0.2) is 0 Å². The molecule has 4 nitrogen and oxygen atoms in total. The van der Waals surface area contributed by atoms with Gasteiger partial charge in [-0.3, -0.25) is 9.69 Å². The summed E-state index contributed by atoms with van der Waals surface area (Å²) >= 11 is 1.82. The van der Waals surface area contributed by atoms with Crippen LogP contribution < -0.4 is 5.32 Å². The van der Waals surface area contributed by atoms with Gasteiger partial charge in [-0.15, -0.1) is 11.3 Å². The summed E-state index contributed by atoms with van der Waals surface area (Å²) in [6, 6.07) is 4.31. The van der Waals surface area contributed by atoms with E-state index >= 15 is 0 Å². The molecule has 0 aromatic carbocycles. The molecule has 3 rings (SSSR count). The van der Waals surface area contributed by atoms with Gasteiger partial charge in [0.25, 0.3) is 0 Å². The lowest BCUT2D eigenvalue weighted by atomic mass is 9.75. The lowest BCUT2D eigenvalue weighted by Crippen LogP contribution is -2.49. The SMILES string of the molecule is COC[C@@H]1CNC(=O)[C@H]2CCN(Cc3cccs3)CC[C@@H]12. The van der Waals surface area contributed by atoms with Crippen LogP contribution in [0.5, 0.6) is 0 Å². The number of carbonyl (C=O) groups is 1. The number of carbonyl (C=O) groups excluding carboxylic acids is 1. The number of piperidine rings is 1. The van der Waals surface area contributed by atoms with Crippen LogP contribution in [0.2, 0.25) is 0 Å². The number of likely N-dealkylation sites (tertiary alicyclic amines) is 1. The Kier molecular flexibility index (Phi) is 4.93. The maximum Gasteiger partial charge on any atom is 0.223 e. The molecule has 116 valence electrons. The van der Waals surface area contributed by atoms with Crippen LogP contribution >= 0.6 is 11.3 Å². The minimum absolute atomic E-state index is 0.173. The van der Waals surface area contributed by atoms with Crippen molar-refractivity contribution in [3.05, 3.63) is 22.4 Å². The topological polar surface area (TPSA) is 41.6 Å². The fourth-order valence-corrected chi connectivity index (χ4v) is 4.51. The number of nitrogens with one attached hydrogen (secondary N) is 1. The molecule has 2 aliphatic heterocycles. The molecule has 2 saturated heterocycles. The summed E-state index contributed by atoms with van der Waals surface area (Å²) in [4.78, 5) is 16.1. The second-order valence-electron chi connectivity index (χ2n) is 6.16. The van der Waals surface area contributed by atoms with E-state index in [9.17, 15) is 4.79 Å². The van der Waals surface area contributed by atoms with Crippen LogP contribution in [-0.4, -0.2) is 44.2 Å². The van der Waals surface area contributed by atoms with Gasteiger partial charge < -0.3 is 10.1 Å². The molecule has 1 aromatic rings. The summed E-state index contributed by atoms with van der Waals surface area (Å²) in [7, 11) is 1.76. The molecule has 0 aliphatic carbocycles. The Bertz CT molecular complexity index is 463. The second kappa shape index (κ2) is 6.90. The molecule has 2 aliphatic rings. The van der Waals surface area contributed by atoms with Crippen molar-refractivity contribution < 1.29 is 9.53 Å². The Morgan fingerprint density at radius 2 is 2.29 bits per heavy atom. The average molecular weight is 308 g/mol. The first-order valence-electron chi connectivity index (χ1n) is 7.79. The number of rotatable bonds is 4. The molecule has 0 bridgehead atoms. The van der Waals surface area contributed by atoms with Gasteiger partial charge in [0.1, 0.15) is 0 Å². The first-order chi connectivity index (χ1) is 10.3. The van der Waals surface area contributed by atoms with Gasteiger partial charge in [-0.2, -0.15) is 0 Å². The third-order valence-corrected chi connectivity index (χ3v) is 5.73. The fourth-order valence-electron chi connectivity index (χ4n) is 3.76. The third kappa shape index (κ3) is 3.47. The number of thiophene rings is 1. The predicted octanol–water partition coefficient (Wildman–Crippen LogP) is 1.97. The number of fused-ring (bicyclic) bond motifs is 1. The molecule has 1 amide bonds. The number of amides is 1. The van der Waals surface area contributed by atoms with E-state index in [0.29, 0.717) is 11.8 Å². The van der Waals surface area contributed by atoms with E-state index in [-0.39, 0.29) is 11.8 Å². The number of ether oxygens (including phenoxy) is 1. The van der Waals surface area contributed by atoms with Gasteiger partial charge in [-0.1, -0.05) is 6.07 Å².